The molecule has 4 aliphatic carbocycles. The van der Waals surface area contributed by atoms with Crippen molar-refractivity contribution in [2.45, 2.75) is 124 Å². The molecule has 290 valence electrons. The van der Waals surface area contributed by atoms with Crippen LogP contribution < -0.4 is 11.1 Å². The number of nitrogens with two attached hydrogens (primary N) is 1. The first-order valence-corrected chi connectivity index (χ1v) is 19.8. The van der Waals surface area contributed by atoms with E-state index in [1.54, 1.807) is 4.68 Å². The monoisotopic (exact) mass is 725 g/mol. The molecule has 2 bridgehead atoms. The van der Waals surface area contributed by atoms with Gasteiger partial charge >= 0.3 is 6.16 Å². The zero-order valence-corrected chi connectivity index (χ0v) is 32.7. The van der Waals surface area contributed by atoms with E-state index in [0.717, 1.165) is 44.9 Å². The van der Waals surface area contributed by atoms with Crippen LogP contribution in [-0.2, 0) is 18.9 Å². The highest BCUT2D eigenvalue weighted by Gasteiger charge is 2.72. The number of ether oxygens (including phenoxy) is 4. The third kappa shape index (κ3) is 5.34. The highest BCUT2D eigenvalue weighted by Crippen LogP contribution is 2.74. The molecule has 6 aliphatic rings. The van der Waals surface area contributed by atoms with Crippen molar-refractivity contribution in [2.24, 2.45) is 56.5 Å². The molecular formula is C40H63N5O7. The molecular weight excluding hydrogens is 662 g/mol. The zero-order chi connectivity index (χ0) is 37.5. The van der Waals surface area contributed by atoms with Crippen LogP contribution in [0, 0.1) is 50.7 Å². The summed E-state index contributed by atoms with van der Waals surface area (Å²) in [5.41, 5.74) is 5.56. The van der Waals surface area contributed by atoms with Gasteiger partial charge in [-0.1, -0.05) is 60.1 Å². The van der Waals surface area contributed by atoms with Gasteiger partial charge in [-0.05, 0) is 87.5 Å². The van der Waals surface area contributed by atoms with Crippen LogP contribution in [0.4, 0.5) is 4.79 Å². The quantitative estimate of drug-likeness (QED) is 0.203. The first-order chi connectivity index (χ1) is 24.5. The largest absolute Gasteiger partial charge is 0.506 e. The van der Waals surface area contributed by atoms with E-state index in [9.17, 15) is 14.7 Å². The summed E-state index contributed by atoms with van der Waals surface area (Å²) >= 11 is 0. The predicted octanol–water partition coefficient (Wildman–Crippen LogP) is 6.02. The summed E-state index contributed by atoms with van der Waals surface area (Å²) in [6.45, 7) is 19.1. The molecule has 4 N–H and O–H groups in total. The Morgan fingerprint density at radius 3 is 2.44 bits per heavy atom. The van der Waals surface area contributed by atoms with Crippen LogP contribution in [0.15, 0.2) is 18.0 Å². The van der Waals surface area contributed by atoms with Gasteiger partial charge in [-0.25, -0.2) is 14.5 Å². The highest BCUT2D eigenvalue weighted by atomic mass is 16.7. The number of primary amides is 1. The van der Waals surface area contributed by atoms with E-state index >= 15 is 0 Å². The van der Waals surface area contributed by atoms with Gasteiger partial charge < -0.3 is 35.1 Å². The standard InChI is InChI=1S/C40H63N5O7/c1-24(2)25(3)35(4)13-14-37(6)26-9-10-29-36(5)20-50-22-40(29,27(26)11-12-38(37,7)33(35)52-34(47)48)19-28(45-32(31(41)46)43-23-44-45)30(36)51-21-39(42-8)15-17-49-18-16-39/h11,23-26,28-30,33,42H,9-10,12-22H2,1-8H3,(H2,41,46)(H,47,48)/t25-,26+,28-,29+,30+,33-,35-,36-,37-,38-,40+/m1/s1. The van der Waals surface area contributed by atoms with Crippen molar-refractivity contribution in [3.05, 3.63) is 23.8 Å². The first kappa shape index (κ1) is 37.8. The summed E-state index contributed by atoms with van der Waals surface area (Å²) in [4.78, 5) is 29.6. The summed E-state index contributed by atoms with van der Waals surface area (Å²) in [5.74, 6) is 0.732. The molecule has 0 unspecified atom stereocenters. The molecule has 1 aromatic heterocycles. The van der Waals surface area contributed by atoms with Crippen LogP contribution in [0.3, 0.4) is 0 Å². The van der Waals surface area contributed by atoms with Crippen LogP contribution in [0.1, 0.15) is 116 Å². The lowest BCUT2D eigenvalue weighted by atomic mass is 9.35. The lowest BCUT2D eigenvalue weighted by Crippen LogP contribution is -2.70. The van der Waals surface area contributed by atoms with Crippen molar-refractivity contribution in [3.8, 4) is 0 Å². The number of carboxylic acid groups (broad SMARTS) is 1. The van der Waals surface area contributed by atoms with Gasteiger partial charge in [0, 0.05) is 40.4 Å². The van der Waals surface area contributed by atoms with Crippen LogP contribution in [0.25, 0.3) is 0 Å². The van der Waals surface area contributed by atoms with E-state index in [2.05, 4.69) is 69.9 Å². The first-order valence-electron chi connectivity index (χ1n) is 19.8. The number of allylic oxidation sites excluding steroid dienone is 1. The van der Waals surface area contributed by atoms with Gasteiger partial charge in [-0.3, -0.25) is 4.79 Å². The number of carbonyl (C=O) groups excluding carboxylic acids is 1. The number of fused-ring (bicyclic) bond motifs is 3. The average Bonchev–Trinajstić information content (AvgIpc) is 3.60. The maximum Gasteiger partial charge on any atom is 0.506 e. The Morgan fingerprint density at radius 1 is 1.06 bits per heavy atom. The molecule has 0 spiro atoms. The molecule has 52 heavy (non-hydrogen) atoms. The second-order valence-electron chi connectivity index (χ2n) is 18.9. The minimum absolute atomic E-state index is 0.148. The fourth-order valence-corrected chi connectivity index (χ4v) is 13.0. The lowest BCUT2D eigenvalue weighted by molar-refractivity contribution is -0.257. The number of nitrogens with one attached hydrogen (secondary N) is 1. The number of rotatable bonds is 9. The molecule has 12 heteroatoms. The fraction of sp³-hybridized carbons (Fsp3) is 0.850. The molecule has 5 fully saturated rings. The molecule has 12 nitrogen and oxygen atoms in total. The minimum Gasteiger partial charge on any atom is -0.450 e. The third-order valence-electron chi connectivity index (χ3n) is 16.6. The maximum absolute atomic E-state index is 12.8. The second kappa shape index (κ2) is 13.0. The van der Waals surface area contributed by atoms with Gasteiger partial charge in [-0.2, -0.15) is 5.10 Å². The summed E-state index contributed by atoms with van der Waals surface area (Å²) in [5, 5.41) is 18.4. The van der Waals surface area contributed by atoms with Gasteiger partial charge in [0.1, 0.15) is 12.4 Å². The van der Waals surface area contributed by atoms with Crippen molar-refractivity contribution >= 4 is 12.1 Å². The summed E-state index contributed by atoms with van der Waals surface area (Å²) in [7, 11) is 2.00. The molecule has 2 aliphatic heterocycles. The van der Waals surface area contributed by atoms with Crippen LogP contribution in [0.5, 0.6) is 0 Å². The van der Waals surface area contributed by atoms with Crippen molar-refractivity contribution in [1.82, 2.24) is 20.1 Å². The maximum atomic E-state index is 12.8. The number of aromatic nitrogens is 3. The van der Waals surface area contributed by atoms with E-state index in [1.807, 2.05) is 7.05 Å². The van der Waals surface area contributed by atoms with Crippen molar-refractivity contribution in [1.29, 1.82) is 0 Å². The summed E-state index contributed by atoms with van der Waals surface area (Å²) < 4.78 is 27.4. The predicted molar refractivity (Wildman–Crippen MR) is 195 cm³/mol. The zero-order valence-electron chi connectivity index (χ0n) is 32.7. The molecule has 3 heterocycles. The molecule has 0 radical (unpaired) electrons. The van der Waals surface area contributed by atoms with Crippen LogP contribution >= 0.6 is 0 Å². The summed E-state index contributed by atoms with van der Waals surface area (Å²) in [6.07, 6.45) is 9.00. The second-order valence-corrected chi connectivity index (χ2v) is 18.9. The van der Waals surface area contributed by atoms with Crippen LogP contribution in [0.2, 0.25) is 0 Å². The van der Waals surface area contributed by atoms with Gasteiger partial charge in [0.15, 0.2) is 0 Å². The van der Waals surface area contributed by atoms with E-state index < -0.39 is 23.6 Å². The normalized spacial score (nSPS) is 43.0. The Balaban J connectivity index is 1.32. The molecule has 7 rings (SSSR count). The smallest absolute Gasteiger partial charge is 0.450 e. The average molecular weight is 726 g/mol. The lowest BCUT2D eigenvalue weighted by Gasteiger charge is -2.71. The van der Waals surface area contributed by atoms with E-state index in [4.69, 9.17) is 24.7 Å². The van der Waals surface area contributed by atoms with Crippen molar-refractivity contribution in [2.75, 3.05) is 40.1 Å². The number of nitrogens with zero attached hydrogens (tertiary/aromatic N) is 3. The number of hydrogen-bond acceptors (Lipinski definition) is 9. The Kier molecular flexibility index (Phi) is 9.48. The van der Waals surface area contributed by atoms with E-state index in [1.165, 1.54) is 11.9 Å². The molecule has 11 atom stereocenters. The third-order valence-corrected chi connectivity index (χ3v) is 16.6. The number of carbonyl (C=O) groups is 2. The fourth-order valence-electron chi connectivity index (χ4n) is 13.0. The Bertz CT molecular complexity index is 1570. The van der Waals surface area contributed by atoms with E-state index in [-0.39, 0.29) is 62.9 Å². The Hall–Kier alpha value is -2.54. The summed E-state index contributed by atoms with van der Waals surface area (Å²) in [6, 6.07) is -0.297. The number of likely N-dealkylation sites (N-methyl/N-ethyl adjacent to an activating group) is 1. The highest BCUT2D eigenvalue weighted by molar-refractivity contribution is 5.89. The van der Waals surface area contributed by atoms with E-state index in [0.29, 0.717) is 45.4 Å². The van der Waals surface area contributed by atoms with Crippen LogP contribution in [-0.4, -0.2) is 89.8 Å². The topological polar surface area (TPSA) is 160 Å². The Morgan fingerprint density at radius 2 is 1.79 bits per heavy atom. The molecule has 1 aromatic rings. The van der Waals surface area contributed by atoms with Crippen molar-refractivity contribution < 1.29 is 33.6 Å². The van der Waals surface area contributed by atoms with Gasteiger partial charge in [0.25, 0.3) is 5.91 Å². The molecule has 3 saturated carbocycles. The SMILES string of the molecule is CNC1(CO[C@H]2[C@H](n3ncnc3C(N)=O)C[C@@]34COC[C@]2(C)[C@@H]3CC[C@H]2C4=CC[C@]3(C)[C@H](OC(=O)O)[C@@](C)([C@H](C)C(C)C)CC[C@]23C)CCOCC1. The number of hydrogen-bond donors (Lipinski definition) is 3. The van der Waals surface area contributed by atoms with Gasteiger partial charge in [0.05, 0.1) is 32.0 Å². The van der Waals surface area contributed by atoms with Gasteiger partial charge in [0.2, 0.25) is 5.82 Å². The minimum atomic E-state index is -1.19. The van der Waals surface area contributed by atoms with Gasteiger partial charge in [-0.15, -0.1) is 0 Å². The molecule has 0 aromatic carbocycles. The van der Waals surface area contributed by atoms with Crippen molar-refractivity contribution in [3.63, 3.8) is 0 Å². The number of amides is 1. The molecule has 2 saturated heterocycles. The Labute approximate surface area is 309 Å². The molecule has 1 amide bonds.